The molecule has 1 heterocycles. The summed E-state index contributed by atoms with van der Waals surface area (Å²) in [7, 11) is 1.44. The van der Waals surface area contributed by atoms with E-state index >= 15 is 0 Å². The molecule has 1 aromatic heterocycles. The van der Waals surface area contributed by atoms with E-state index in [0.717, 1.165) is 6.42 Å². The van der Waals surface area contributed by atoms with E-state index in [-0.39, 0.29) is 0 Å². The van der Waals surface area contributed by atoms with E-state index in [1.54, 1.807) is 17.4 Å². The van der Waals surface area contributed by atoms with E-state index in [1.807, 2.05) is 6.92 Å². The highest BCUT2D eigenvalue weighted by atomic mass is 28.4. The molecular formula is C12H24N2O5Si. The molecule has 1 unspecified atom stereocenters. The van der Waals surface area contributed by atoms with Crippen molar-refractivity contribution in [2.75, 3.05) is 27.9 Å². The minimum absolute atomic E-state index is 0.361. The third-order valence-electron chi connectivity index (χ3n) is 2.78. The summed E-state index contributed by atoms with van der Waals surface area (Å²) in [5, 5.41) is 9.60. The SMILES string of the molecule is CCCOc1cnc(CC(C)O)n1[Si](OC)(OC)OC. The summed E-state index contributed by atoms with van der Waals surface area (Å²) in [4.78, 5) is 4.29. The van der Waals surface area contributed by atoms with E-state index in [2.05, 4.69) is 4.98 Å². The predicted molar refractivity (Wildman–Crippen MR) is 75.6 cm³/mol. The van der Waals surface area contributed by atoms with Gasteiger partial charge in [0.25, 0.3) is 0 Å². The van der Waals surface area contributed by atoms with Gasteiger partial charge >= 0.3 is 8.97 Å². The molecule has 0 aliphatic carbocycles. The van der Waals surface area contributed by atoms with E-state index < -0.39 is 15.1 Å². The van der Waals surface area contributed by atoms with Crippen LogP contribution in [-0.2, 0) is 19.7 Å². The fraction of sp³-hybridized carbons (Fsp3) is 0.750. The Labute approximate surface area is 120 Å². The molecule has 8 heteroatoms. The molecule has 0 aromatic carbocycles. The van der Waals surface area contributed by atoms with Gasteiger partial charge in [-0.3, -0.25) is 4.23 Å². The fourth-order valence-electron chi connectivity index (χ4n) is 1.91. The first-order chi connectivity index (χ1) is 9.54. The van der Waals surface area contributed by atoms with Crippen LogP contribution in [0, 0.1) is 0 Å². The molecule has 1 rings (SSSR count). The van der Waals surface area contributed by atoms with Crippen LogP contribution < -0.4 is 4.74 Å². The first-order valence-corrected chi connectivity index (χ1v) is 8.25. The van der Waals surface area contributed by atoms with Crippen LogP contribution in [0.5, 0.6) is 5.88 Å². The summed E-state index contributed by atoms with van der Waals surface area (Å²) < 4.78 is 23.8. The molecule has 20 heavy (non-hydrogen) atoms. The quantitative estimate of drug-likeness (QED) is 0.681. The molecule has 0 saturated carbocycles. The third-order valence-corrected chi connectivity index (χ3v) is 5.36. The summed E-state index contributed by atoms with van der Waals surface area (Å²) in [5.41, 5.74) is 0. The van der Waals surface area contributed by atoms with Gasteiger partial charge < -0.3 is 23.1 Å². The van der Waals surface area contributed by atoms with Crippen molar-refractivity contribution in [2.24, 2.45) is 0 Å². The second-order valence-electron chi connectivity index (χ2n) is 4.39. The molecule has 116 valence electrons. The number of aliphatic hydroxyl groups excluding tert-OH is 1. The predicted octanol–water partition coefficient (Wildman–Crippen LogP) is 0.818. The largest absolute Gasteiger partial charge is 0.641 e. The van der Waals surface area contributed by atoms with Crippen molar-refractivity contribution in [2.45, 2.75) is 32.8 Å². The molecule has 0 radical (unpaired) electrons. The molecule has 0 aliphatic rings. The van der Waals surface area contributed by atoms with E-state index in [9.17, 15) is 5.11 Å². The van der Waals surface area contributed by atoms with Crippen LogP contribution in [0.1, 0.15) is 26.1 Å². The van der Waals surface area contributed by atoms with Crippen LogP contribution in [0.15, 0.2) is 6.20 Å². The molecular weight excluding hydrogens is 280 g/mol. The van der Waals surface area contributed by atoms with E-state index in [0.29, 0.717) is 24.7 Å². The van der Waals surface area contributed by atoms with E-state index in [4.69, 9.17) is 18.0 Å². The number of imidazole rings is 1. The van der Waals surface area contributed by atoms with Crippen LogP contribution in [-0.4, -0.2) is 57.3 Å². The van der Waals surface area contributed by atoms with Crippen molar-refractivity contribution in [1.29, 1.82) is 0 Å². The standard InChI is InChI=1S/C12H24N2O5Si/c1-6-7-19-12-9-13-11(8-10(2)15)14(12)20(16-3,17-4)18-5/h9-10,15H,6-8H2,1-5H3. The lowest BCUT2D eigenvalue weighted by atomic mass is 10.3. The lowest BCUT2D eigenvalue weighted by molar-refractivity contribution is 0.105. The van der Waals surface area contributed by atoms with Gasteiger partial charge in [0.05, 0.1) is 18.9 Å². The van der Waals surface area contributed by atoms with Gasteiger partial charge in [0.15, 0.2) is 0 Å². The zero-order valence-corrected chi connectivity index (χ0v) is 13.8. The van der Waals surface area contributed by atoms with Crippen LogP contribution in [0.25, 0.3) is 0 Å². The maximum absolute atomic E-state index is 9.60. The van der Waals surface area contributed by atoms with Crippen LogP contribution in [0.4, 0.5) is 0 Å². The Bertz CT molecular complexity index is 398. The van der Waals surface area contributed by atoms with Crippen molar-refractivity contribution in [3.8, 4) is 5.88 Å². The maximum Gasteiger partial charge on any atom is 0.641 e. The van der Waals surface area contributed by atoms with Crippen LogP contribution >= 0.6 is 0 Å². The highest BCUT2D eigenvalue weighted by Crippen LogP contribution is 2.23. The zero-order chi connectivity index (χ0) is 15.2. The Morgan fingerprint density at radius 2 is 1.90 bits per heavy atom. The Hall–Kier alpha value is -0.933. The first-order valence-electron chi connectivity index (χ1n) is 6.58. The number of ether oxygens (including phenoxy) is 1. The average molecular weight is 304 g/mol. The van der Waals surface area contributed by atoms with Gasteiger partial charge in [-0.15, -0.1) is 0 Å². The molecule has 0 fully saturated rings. The molecule has 1 atom stereocenters. The Kier molecular flexibility index (Phi) is 6.63. The number of nitrogens with zero attached hydrogens (tertiary/aromatic N) is 2. The Balaban J connectivity index is 3.24. The van der Waals surface area contributed by atoms with Crippen molar-refractivity contribution in [3.05, 3.63) is 12.0 Å². The fourth-order valence-corrected chi connectivity index (χ4v) is 3.81. The number of aromatic nitrogens is 2. The van der Waals surface area contributed by atoms with Gasteiger partial charge in [0.1, 0.15) is 5.82 Å². The number of hydrogen-bond acceptors (Lipinski definition) is 6. The minimum atomic E-state index is -3.13. The molecule has 0 spiro atoms. The van der Waals surface area contributed by atoms with Crippen molar-refractivity contribution >= 4 is 8.97 Å². The monoisotopic (exact) mass is 304 g/mol. The van der Waals surface area contributed by atoms with Gasteiger partial charge in [-0.2, -0.15) is 0 Å². The molecule has 0 aliphatic heterocycles. The summed E-state index contributed by atoms with van der Waals surface area (Å²) in [5.74, 6) is 1.14. The molecule has 1 aromatic rings. The lowest BCUT2D eigenvalue weighted by Crippen LogP contribution is -2.52. The Morgan fingerprint density at radius 3 is 2.35 bits per heavy atom. The highest BCUT2D eigenvalue weighted by Gasteiger charge is 2.46. The maximum atomic E-state index is 9.60. The normalized spacial score (nSPS) is 13.5. The zero-order valence-electron chi connectivity index (χ0n) is 12.8. The summed E-state index contributed by atoms with van der Waals surface area (Å²) in [6.45, 7) is 4.27. The number of rotatable bonds is 9. The van der Waals surface area contributed by atoms with Crippen molar-refractivity contribution < 1.29 is 23.1 Å². The summed E-state index contributed by atoms with van der Waals surface area (Å²) in [6.07, 6.45) is 2.30. The van der Waals surface area contributed by atoms with Gasteiger partial charge in [-0.05, 0) is 13.3 Å². The minimum Gasteiger partial charge on any atom is -0.478 e. The number of hydrogen-bond donors (Lipinski definition) is 1. The molecule has 0 amide bonds. The lowest BCUT2D eigenvalue weighted by Gasteiger charge is -2.27. The number of aliphatic hydroxyl groups is 1. The Morgan fingerprint density at radius 1 is 1.30 bits per heavy atom. The second kappa shape index (κ2) is 7.74. The molecule has 7 nitrogen and oxygen atoms in total. The first kappa shape index (κ1) is 17.1. The molecule has 1 N–H and O–H groups in total. The second-order valence-corrected chi connectivity index (χ2v) is 7.11. The average Bonchev–Trinajstić information content (AvgIpc) is 2.82. The van der Waals surface area contributed by atoms with Gasteiger partial charge in [0, 0.05) is 27.8 Å². The van der Waals surface area contributed by atoms with Crippen LogP contribution in [0.2, 0.25) is 0 Å². The summed E-state index contributed by atoms with van der Waals surface area (Å²) in [6, 6.07) is 0. The topological polar surface area (TPSA) is 75.0 Å². The van der Waals surface area contributed by atoms with E-state index in [1.165, 1.54) is 21.3 Å². The van der Waals surface area contributed by atoms with Gasteiger partial charge in [0.2, 0.25) is 5.88 Å². The van der Waals surface area contributed by atoms with Crippen LogP contribution in [0.3, 0.4) is 0 Å². The van der Waals surface area contributed by atoms with Gasteiger partial charge in [-0.25, -0.2) is 4.98 Å². The highest BCUT2D eigenvalue weighted by molar-refractivity contribution is 6.59. The molecule has 0 bridgehead atoms. The van der Waals surface area contributed by atoms with Crippen molar-refractivity contribution in [1.82, 2.24) is 9.22 Å². The van der Waals surface area contributed by atoms with Crippen molar-refractivity contribution in [3.63, 3.8) is 0 Å². The van der Waals surface area contributed by atoms with Gasteiger partial charge in [-0.1, -0.05) is 6.92 Å². The third kappa shape index (κ3) is 3.58. The smallest absolute Gasteiger partial charge is 0.478 e. The summed E-state index contributed by atoms with van der Waals surface area (Å²) >= 11 is 0. The molecule has 0 saturated heterocycles.